The summed E-state index contributed by atoms with van der Waals surface area (Å²) in [6.07, 6.45) is 0.996. The maximum absolute atomic E-state index is 13.9. The second kappa shape index (κ2) is 11.0. The van der Waals surface area contributed by atoms with Gasteiger partial charge in [-0.25, -0.2) is 23.5 Å². The molecule has 0 radical (unpaired) electrons. The molecule has 0 aliphatic heterocycles. The number of benzene rings is 2. The Balaban J connectivity index is 1.68. The first kappa shape index (κ1) is 25.6. The molecule has 10 nitrogen and oxygen atoms in total. The lowest BCUT2D eigenvalue weighted by Crippen LogP contribution is -2.43. The van der Waals surface area contributed by atoms with E-state index in [9.17, 15) is 18.8 Å². The number of ether oxygens (including phenoxy) is 1. The van der Waals surface area contributed by atoms with E-state index in [2.05, 4.69) is 15.3 Å². The molecule has 0 amide bonds. The first-order valence-corrected chi connectivity index (χ1v) is 11.4. The average molecular weight is 526 g/mol. The summed E-state index contributed by atoms with van der Waals surface area (Å²) in [4.78, 5) is 44.7. The molecule has 0 aliphatic carbocycles. The molecule has 0 saturated carbocycles. The first-order chi connectivity index (χ1) is 17.7. The van der Waals surface area contributed by atoms with Crippen molar-refractivity contribution in [2.75, 3.05) is 5.32 Å². The summed E-state index contributed by atoms with van der Waals surface area (Å²) in [5, 5.41) is 12.5. The third kappa shape index (κ3) is 6.19. The molecule has 0 saturated heterocycles. The number of nitrogens with zero attached hydrogens (tertiary/aromatic N) is 4. The van der Waals surface area contributed by atoms with E-state index in [-0.39, 0.29) is 24.9 Å². The molecule has 2 N–H and O–H groups in total. The van der Waals surface area contributed by atoms with Gasteiger partial charge >= 0.3 is 17.3 Å². The van der Waals surface area contributed by atoms with E-state index >= 15 is 0 Å². The molecule has 37 heavy (non-hydrogen) atoms. The number of hydrogen-bond donors (Lipinski definition) is 2. The van der Waals surface area contributed by atoms with Crippen LogP contribution in [0.5, 0.6) is 11.6 Å². The van der Waals surface area contributed by atoms with Gasteiger partial charge in [-0.3, -0.25) is 9.36 Å². The van der Waals surface area contributed by atoms with E-state index in [4.69, 9.17) is 21.4 Å². The molecule has 2 aromatic heterocycles. The fourth-order valence-electron chi connectivity index (χ4n) is 3.46. The number of rotatable bonds is 9. The minimum atomic E-state index is -1.15. The third-order valence-corrected chi connectivity index (χ3v) is 5.57. The summed E-state index contributed by atoms with van der Waals surface area (Å²) in [5.41, 5.74) is 0.198. The van der Waals surface area contributed by atoms with Crippen LogP contribution in [-0.2, 0) is 17.9 Å². The smallest absolute Gasteiger partial charge is 0.354 e. The Morgan fingerprint density at radius 2 is 1.89 bits per heavy atom. The minimum absolute atomic E-state index is 0.0395. The largest absolute Gasteiger partial charge is 0.481 e. The predicted octanol–water partition coefficient (Wildman–Crippen LogP) is 3.96. The molecule has 2 heterocycles. The molecular weight excluding hydrogens is 505 g/mol. The van der Waals surface area contributed by atoms with Gasteiger partial charge in [0.2, 0.25) is 5.95 Å². The van der Waals surface area contributed by atoms with Crippen molar-refractivity contribution in [2.24, 2.45) is 0 Å². The Hall–Kier alpha value is -4.51. The van der Waals surface area contributed by atoms with Crippen molar-refractivity contribution < 1.29 is 19.0 Å². The molecule has 0 bridgehead atoms. The molecule has 190 valence electrons. The van der Waals surface area contributed by atoms with Gasteiger partial charge in [-0.1, -0.05) is 23.7 Å². The topological polar surface area (TPSA) is 128 Å². The molecule has 4 aromatic rings. The average Bonchev–Trinajstić information content (AvgIpc) is 2.85. The van der Waals surface area contributed by atoms with Gasteiger partial charge in [-0.2, -0.15) is 4.98 Å². The first-order valence-electron chi connectivity index (χ1n) is 11.0. The Morgan fingerprint density at radius 3 is 2.57 bits per heavy atom. The van der Waals surface area contributed by atoms with Gasteiger partial charge in [0, 0.05) is 23.5 Å². The molecule has 0 fully saturated rings. The molecule has 0 atom stereocenters. The standard InChI is InChI=1S/C25H21ClFN5O5/c1-15-13-18(8-9-20(15)37-22-19(27)3-2-11-28-22)29-23-30-24(35)31(12-10-21(33)34)25(36)32(23)14-16-4-6-17(26)7-5-16/h2-9,11,13H,10,12,14H2,1H3,(H,33,34)(H,29,30,35). The van der Waals surface area contributed by atoms with E-state index in [0.717, 1.165) is 4.57 Å². The van der Waals surface area contributed by atoms with Crippen LogP contribution < -0.4 is 21.4 Å². The van der Waals surface area contributed by atoms with Gasteiger partial charge < -0.3 is 15.2 Å². The number of pyridine rings is 1. The highest BCUT2D eigenvalue weighted by atomic mass is 35.5. The predicted molar refractivity (Wildman–Crippen MR) is 134 cm³/mol. The molecule has 4 rings (SSSR count). The highest BCUT2D eigenvalue weighted by Gasteiger charge is 2.16. The number of carboxylic acids is 1. The molecule has 0 aliphatic rings. The number of anilines is 2. The number of aliphatic carboxylic acids is 1. The van der Waals surface area contributed by atoms with Crippen LogP contribution >= 0.6 is 11.6 Å². The van der Waals surface area contributed by atoms with Crippen molar-refractivity contribution in [2.45, 2.75) is 26.4 Å². The van der Waals surface area contributed by atoms with Crippen LogP contribution in [0, 0.1) is 12.7 Å². The fraction of sp³-hybridized carbons (Fsp3) is 0.160. The van der Waals surface area contributed by atoms with E-state index in [0.29, 0.717) is 27.6 Å². The van der Waals surface area contributed by atoms with E-state index in [1.165, 1.54) is 22.9 Å². The maximum atomic E-state index is 13.9. The zero-order valence-corrected chi connectivity index (χ0v) is 20.3. The number of nitrogens with one attached hydrogen (secondary N) is 1. The molecular formula is C25H21ClFN5O5. The van der Waals surface area contributed by atoms with Crippen LogP contribution in [0.2, 0.25) is 5.02 Å². The van der Waals surface area contributed by atoms with Crippen LogP contribution in [-0.4, -0.2) is 30.2 Å². The van der Waals surface area contributed by atoms with Crippen LogP contribution in [0.25, 0.3) is 0 Å². The monoisotopic (exact) mass is 525 g/mol. The Bertz CT molecular complexity index is 1570. The van der Waals surface area contributed by atoms with Crippen molar-refractivity contribution in [3.05, 3.63) is 104 Å². The van der Waals surface area contributed by atoms with Crippen molar-refractivity contribution >= 4 is 29.2 Å². The molecule has 0 spiro atoms. The van der Waals surface area contributed by atoms with Gasteiger partial charge in [0.15, 0.2) is 5.82 Å². The van der Waals surface area contributed by atoms with Crippen molar-refractivity contribution in [1.82, 2.24) is 19.1 Å². The lowest BCUT2D eigenvalue weighted by atomic mass is 10.2. The number of carbonyl (C=O) groups is 1. The SMILES string of the molecule is Cc1cc(Nc2nc(=O)n(CCC(=O)O)c(=O)n2Cc2ccc(Cl)cc2)ccc1Oc1ncccc1F. The quantitative estimate of drug-likeness (QED) is 0.336. The lowest BCUT2D eigenvalue weighted by molar-refractivity contribution is -0.137. The van der Waals surface area contributed by atoms with Crippen LogP contribution in [0.4, 0.5) is 16.0 Å². The highest BCUT2D eigenvalue weighted by Crippen LogP contribution is 2.28. The van der Waals surface area contributed by atoms with E-state index < -0.39 is 29.6 Å². The highest BCUT2D eigenvalue weighted by molar-refractivity contribution is 6.30. The van der Waals surface area contributed by atoms with E-state index in [1.807, 2.05) is 0 Å². The van der Waals surface area contributed by atoms with Crippen molar-refractivity contribution in [1.29, 1.82) is 0 Å². The Morgan fingerprint density at radius 1 is 1.14 bits per heavy atom. The number of aromatic nitrogens is 4. The van der Waals surface area contributed by atoms with Gasteiger partial charge in [0.05, 0.1) is 13.0 Å². The van der Waals surface area contributed by atoms with Gasteiger partial charge in [-0.05, 0) is 60.5 Å². The summed E-state index contributed by atoms with van der Waals surface area (Å²) in [5.74, 6) is -1.61. The Labute approximate surface area is 214 Å². The Kier molecular flexibility index (Phi) is 7.63. The minimum Gasteiger partial charge on any atom is -0.481 e. The molecule has 2 aromatic carbocycles. The fourth-order valence-corrected chi connectivity index (χ4v) is 3.59. The zero-order chi connectivity index (χ0) is 26.5. The second-order valence-electron chi connectivity index (χ2n) is 8.01. The van der Waals surface area contributed by atoms with Crippen molar-refractivity contribution in [3.63, 3.8) is 0 Å². The summed E-state index contributed by atoms with van der Waals surface area (Å²) in [6, 6.07) is 14.3. The number of carboxylic acid groups (broad SMARTS) is 1. The van der Waals surface area contributed by atoms with Crippen molar-refractivity contribution in [3.8, 4) is 11.6 Å². The van der Waals surface area contributed by atoms with Crippen LogP contribution in [0.1, 0.15) is 17.5 Å². The second-order valence-corrected chi connectivity index (χ2v) is 8.44. The number of hydrogen-bond acceptors (Lipinski definition) is 7. The normalized spacial score (nSPS) is 10.8. The summed E-state index contributed by atoms with van der Waals surface area (Å²) in [7, 11) is 0. The van der Waals surface area contributed by atoms with Crippen LogP contribution in [0.3, 0.4) is 0 Å². The van der Waals surface area contributed by atoms with Gasteiger partial charge in [-0.15, -0.1) is 0 Å². The molecule has 12 heteroatoms. The van der Waals surface area contributed by atoms with Gasteiger partial charge in [0.1, 0.15) is 5.75 Å². The molecule has 0 unspecified atom stereocenters. The summed E-state index contributed by atoms with van der Waals surface area (Å²) < 4.78 is 21.5. The number of halogens is 2. The zero-order valence-electron chi connectivity index (χ0n) is 19.5. The van der Waals surface area contributed by atoms with Gasteiger partial charge in [0.25, 0.3) is 5.88 Å². The maximum Gasteiger partial charge on any atom is 0.354 e. The lowest BCUT2D eigenvalue weighted by Gasteiger charge is -2.16. The van der Waals surface area contributed by atoms with Crippen LogP contribution in [0.15, 0.2) is 70.4 Å². The summed E-state index contributed by atoms with van der Waals surface area (Å²) in [6.45, 7) is 1.45. The third-order valence-electron chi connectivity index (χ3n) is 5.32. The summed E-state index contributed by atoms with van der Waals surface area (Å²) >= 11 is 5.96. The van der Waals surface area contributed by atoms with E-state index in [1.54, 1.807) is 49.4 Å². The number of aryl methyl sites for hydroxylation is 1.